The molecular weight excluding hydrogens is 235 g/mol. The summed E-state index contributed by atoms with van der Waals surface area (Å²) in [7, 11) is 0. The summed E-state index contributed by atoms with van der Waals surface area (Å²) in [5.74, 6) is -0.972. The fraction of sp³-hybridized carbons (Fsp3) is 0.385. The topological polar surface area (TPSA) is 58.2 Å². The van der Waals surface area contributed by atoms with Crippen LogP contribution in [0.25, 0.3) is 0 Å². The molecule has 5 heteroatoms. The maximum Gasteiger partial charge on any atom is 0.246 e. The quantitative estimate of drug-likeness (QED) is 0.854. The number of rotatable bonds is 4. The fourth-order valence-electron chi connectivity index (χ4n) is 1.55. The molecule has 1 saturated carbocycles. The van der Waals surface area contributed by atoms with Crippen molar-refractivity contribution >= 4 is 17.5 Å². The van der Waals surface area contributed by atoms with Gasteiger partial charge in [0.2, 0.25) is 11.8 Å². The highest BCUT2D eigenvalue weighted by atomic mass is 19.1. The average Bonchev–Trinajstić information content (AvgIpc) is 3.15. The molecule has 4 nitrogen and oxygen atoms in total. The van der Waals surface area contributed by atoms with E-state index < -0.39 is 17.8 Å². The van der Waals surface area contributed by atoms with Crippen molar-refractivity contribution in [1.29, 1.82) is 0 Å². The van der Waals surface area contributed by atoms with Crippen LogP contribution in [0.1, 0.15) is 19.8 Å². The zero-order valence-corrected chi connectivity index (χ0v) is 10.1. The van der Waals surface area contributed by atoms with Crippen LogP contribution in [0.3, 0.4) is 0 Å². The summed E-state index contributed by atoms with van der Waals surface area (Å²) in [4.78, 5) is 23.2. The van der Waals surface area contributed by atoms with E-state index in [4.69, 9.17) is 0 Å². The van der Waals surface area contributed by atoms with Gasteiger partial charge in [0.1, 0.15) is 11.9 Å². The first-order valence-corrected chi connectivity index (χ1v) is 5.93. The Kier molecular flexibility index (Phi) is 3.60. The van der Waals surface area contributed by atoms with Crippen molar-refractivity contribution in [3.63, 3.8) is 0 Å². The average molecular weight is 250 g/mol. The number of hydrogen-bond donors (Lipinski definition) is 2. The van der Waals surface area contributed by atoms with Crippen molar-refractivity contribution in [2.75, 3.05) is 5.32 Å². The van der Waals surface area contributed by atoms with Crippen LogP contribution in [0.2, 0.25) is 0 Å². The minimum atomic E-state index is -0.669. The lowest BCUT2D eigenvalue weighted by Crippen LogP contribution is -2.42. The Morgan fingerprint density at radius 2 is 2.00 bits per heavy atom. The molecule has 0 aromatic heterocycles. The van der Waals surface area contributed by atoms with E-state index in [2.05, 4.69) is 10.6 Å². The molecular formula is C13H15FN2O2. The highest BCUT2D eigenvalue weighted by molar-refractivity contribution is 5.97. The lowest BCUT2D eigenvalue weighted by atomic mass is 10.2. The number of hydrogen-bond acceptors (Lipinski definition) is 2. The Morgan fingerprint density at radius 3 is 2.61 bits per heavy atom. The van der Waals surface area contributed by atoms with Gasteiger partial charge in [-0.05, 0) is 31.9 Å². The lowest BCUT2D eigenvalue weighted by Gasteiger charge is -2.14. The molecule has 0 spiro atoms. The largest absolute Gasteiger partial charge is 0.344 e. The van der Waals surface area contributed by atoms with E-state index in [1.807, 2.05) is 0 Å². The van der Waals surface area contributed by atoms with Crippen molar-refractivity contribution < 1.29 is 14.0 Å². The minimum Gasteiger partial charge on any atom is -0.344 e. The summed E-state index contributed by atoms with van der Waals surface area (Å²) >= 11 is 0. The Hall–Kier alpha value is -1.91. The summed E-state index contributed by atoms with van der Waals surface area (Å²) in [6, 6.07) is 5.25. The molecule has 96 valence electrons. The molecule has 1 aromatic carbocycles. The predicted octanol–water partition coefficient (Wildman–Crippen LogP) is 1.68. The number of halogens is 1. The second kappa shape index (κ2) is 5.16. The molecule has 1 aliphatic carbocycles. The maximum atomic E-state index is 13.3. The van der Waals surface area contributed by atoms with E-state index in [1.165, 1.54) is 12.1 Å². The van der Waals surface area contributed by atoms with E-state index in [-0.39, 0.29) is 17.5 Å². The van der Waals surface area contributed by atoms with Gasteiger partial charge in [-0.2, -0.15) is 0 Å². The normalized spacial score (nSPS) is 15.9. The molecule has 0 saturated heterocycles. The molecule has 0 aliphatic heterocycles. The third kappa shape index (κ3) is 3.06. The van der Waals surface area contributed by atoms with Gasteiger partial charge in [0.05, 0.1) is 5.69 Å². The van der Waals surface area contributed by atoms with Crippen LogP contribution in [0.15, 0.2) is 24.3 Å². The number of carbonyl (C=O) groups excluding carboxylic acids is 2. The van der Waals surface area contributed by atoms with Gasteiger partial charge in [0.15, 0.2) is 0 Å². The summed E-state index contributed by atoms with van der Waals surface area (Å²) in [6.45, 7) is 1.58. The second-order valence-corrected chi connectivity index (χ2v) is 4.47. The van der Waals surface area contributed by atoms with Gasteiger partial charge in [-0.1, -0.05) is 12.1 Å². The number of carbonyl (C=O) groups is 2. The number of amides is 2. The first kappa shape index (κ1) is 12.5. The Morgan fingerprint density at radius 1 is 1.33 bits per heavy atom. The van der Waals surface area contributed by atoms with Crippen LogP contribution in [0.4, 0.5) is 10.1 Å². The van der Waals surface area contributed by atoms with E-state index in [0.717, 1.165) is 12.8 Å². The lowest BCUT2D eigenvalue weighted by molar-refractivity contribution is -0.127. The van der Waals surface area contributed by atoms with Crippen molar-refractivity contribution in [2.45, 2.75) is 25.8 Å². The van der Waals surface area contributed by atoms with E-state index in [1.54, 1.807) is 19.1 Å². The molecule has 18 heavy (non-hydrogen) atoms. The molecule has 0 bridgehead atoms. The molecule has 1 fully saturated rings. The number of nitrogens with one attached hydrogen (secondary N) is 2. The van der Waals surface area contributed by atoms with Gasteiger partial charge in [-0.25, -0.2) is 4.39 Å². The molecule has 1 unspecified atom stereocenters. The van der Waals surface area contributed by atoms with Crippen LogP contribution in [0.5, 0.6) is 0 Å². The number of para-hydroxylation sites is 1. The minimum absolute atomic E-state index is 0.0497. The zero-order valence-electron chi connectivity index (χ0n) is 10.1. The standard InChI is InChI=1S/C13H15FN2O2/c1-8(15-13(18)9-6-7-9)12(17)16-11-5-3-2-4-10(11)14/h2-5,8-9H,6-7H2,1H3,(H,15,18)(H,16,17). The maximum absolute atomic E-state index is 13.3. The van der Waals surface area contributed by atoms with Gasteiger partial charge in [-0.15, -0.1) is 0 Å². The van der Waals surface area contributed by atoms with Crippen LogP contribution < -0.4 is 10.6 Å². The van der Waals surface area contributed by atoms with Crippen LogP contribution >= 0.6 is 0 Å². The molecule has 0 heterocycles. The summed E-state index contributed by atoms with van der Waals surface area (Å²) in [6.07, 6.45) is 1.76. The molecule has 0 radical (unpaired) electrons. The molecule has 2 N–H and O–H groups in total. The van der Waals surface area contributed by atoms with E-state index in [9.17, 15) is 14.0 Å². The Bertz CT molecular complexity index is 472. The van der Waals surface area contributed by atoms with Gasteiger partial charge in [-0.3, -0.25) is 9.59 Å². The SMILES string of the molecule is CC(NC(=O)C1CC1)C(=O)Nc1ccccc1F. The third-order valence-corrected chi connectivity index (χ3v) is 2.83. The summed E-state index contributed by atoms with van der Waals surface area (Å²) in [5.41, 5.74) is 0.120. The third-order valence-electron chi connectivity index (χ3n) is 2.83. The number of anilines is 1. The summed E-state index contributed by atoms with van der Waals surface area (Å²) < 4.78 is 13.3. The van der Waals surface area contributed by atoms with Gasteiger partial charge in [0, 0.05) is 5.92 Å². The fourth-order valence-corrected chi connectivity index (χ4v) is 1.55. The molecule has 1 aromatic rings. The second-order valence-electron chi connectivity index (χ2n) is 4.47. The van der Waals surface area contributed by atoms with Gasteiger partial charge < -0.3 is 10.6 Å². The van der Waals surface area contributed by atoms with Crippen molar-refractivity contribution in [2.24, 2.45) is 5.92 Å². The van der Waals surface area contributed by atoms with Crippen molar-refractivity contribution in [3.05, 3.63) is 30.1 Å². The summed E-state index contributed by atoms with van der Waals surface area (Å²) in [5, 5.41) is 5.05. The van der Waals surface area contributed by atoms with Crippen LogP contribution in [-0.4, -0.2) is 17.9 Å². The molecule has 2 rings (SSSR count). The van der Waals surface area contributed by atoms with Crippen LogP contribution in [-0.2, 0) is 9.59 Å². The van der Waals surface area contributed by atoms with E-state index in [0.29, 0.717) is 0 Å². The molecule has 2 amide bonds. The predicted molar refractivity (Wildman–Crippen MR) is 65.4 cm³/mol. The van der Waals surface area contributed by atoms with Crippen molar-refractivity contribution in [3.8, 4) is 0 Å². The molecule has 1 atom stereocenters. The van der Waals surface area contributed by atoms with Gasteiger partial charge in [0.25, 0.3) is 0 Å². The number of benzene rings is 1. The zero-order chi connectivity index (χ0) is 13.1. The first-order chi connectivity index (χ1) is 8.58. The molecule has 1 aliphatic rings. The first-order valence-electron chi connectivity index (χ1n) is 5.93. The van der Waals surface area contributed by atoms with Crippen LogP contribution in [0, 0.1) is 11.7 Å². The Balaban J connectivity index is 1.90. The highest BCUT2D eigenvalue weighted by Gasteiger charge is 2.31. The highest BCUT2D eigenvalue weighted by Crippen LogP contribution is 2.28. The smallest absolute Gasteiger partial charge is 0.246 e. The van der Waals surface area contributed by atoms with Gasteiger partial charge >= 0.3 is 0 Å². The van der Waals surface area contributed by atoms with Crippen molar-refractivity contribution in [1.82, 2.24) is 5.32 Å². The Labute approximate surface area is 105 Å². The van der Waals surface area contributed by atoms with E-state index >= 15 is 0 Å². The monoisotopic (exact) mass is 250 g/mol.